The van der Waals surface area contributed by atoms with Crippen LogP contribution in [0.1, 0.15) is 38.3 Å². The number of halogens is 1. The van der Waals surface area contributed by atoms with E-state index in [1.807, 2.05) is 0 Å². The maximum absolute atomic E-state index is 11.9. The number of carbonyl (C=O) groups is 1. The topological polar surface area (TPSA) is 175 Å². The first kappa shape index (κ1) is 22.4. The quantitative estimate of drug-likeness (QED) is 0.110. The highest BCUT2D eigenvalue weighted by molar-refractivity contribution is 14.1. The average molecular weight is 507 g/mol. The van der Waals surface area contributed by atoms with E-state index in [0.717, 1.165) is 12.8 Å². The van der Waals surface area contributed by atoms with Gasteiger partial charge in [0.15, 0.2) is 5.96 Å². The van der Waals surface area contributed by atoms with E-state index in [1.54, 1.807) is 22.6 Å². The van der Waals surface area contributed by atoms with Crippen molar-refractivity contribution in [2.24, 2.45) is 16.5 Å². The number of nitrogens with two attached hydrogens (primary N) is 2. The van der Waals surface area contributed by atoms with Crippen molar-refractivity contribution in [1.82, 2.24) is 9.55 Å². The molecule has 11 nitrogen and oxygen atoms in total. The molecule has 0 saturated carbocycles. The molecule has 28 heavy (non-hydrogen) atoms. The third kappa shape index (κ3) is 6.60. The fourth-order valence-electron chi connectivity index (χ4n) is 2.72. The first-order chi connectivity index (χ1) is 13.3. The van der Waals surface area contributed by atoms with Gasteiger partial charge in [-0.05, 0) is 35.4 Å². The van der Waals surface area contributed by atoms with E-state index < -0.39 is 35.7 Å². The number of H-pyrrole nitrogens is 1. The lowest BCUT2D eigenvalue weighted by Gasteiger charge is -2.16. The Morgan fingerprint density at radius 2 is 2.14 bits per heavy atom. The van der Waals surface area contributed by atoms with Gasteiger partial charge >= 0.3 is 11.7 Å². The fourth-order valence-corrected chi connectivity index (χ4v) is 3.16. The number of esters is 1. The first-order valence-corrected chi connectivity index (χ1v) is 9.91. The SMILES string of the molecule is NC(N)=NCCCCCC(=O)OC[C@H]1O[C@@H](n2cc([125I])c(=O)[nH]c2=O)C[C@@H]1O. The molecule has 0 aliphatic carbocycles. The summed E-state index contributed by atoms with van der Waals surface area (Å²) < 4.78 is 12.3. The number of aliphatic imine (C=N–C) groups is 1. The van der Waals surface area contributed by atoms with Gasteiger partial charge in [-0.15, -0.1) is 0 Å². The summed E-state index contributed by atoms with van der Waals surface area (Å²) in [5.41, 5.74) is 9.34. The number of guanidine groups is 1. The third-order valence-corrected chi connectivity index (χ3v) is 4.95. The van der Waals surface area contributed by atoms with E-state index in [4.69, 9.17) is 20.9 Å². The van der Waals surface area contributed by atoms with Crippen molar-refractivity contribution in [2.45, 2.75) is 50.5 Å². The summed E-state index contributed by atoms with van der Waals surface area (Å²) in [6.45, 7) is 0.406. The van der Waals surface area contributed by atoms with Crippen molar-refractivity contribution in [2.75, 3.05) is 13.2 Å². The Labute approximate surface area is 174 Å². The second-order valence-corrected chi connectivity index (χ2v) is 7.54. The number of unbranched alkanes of at least 4 members (excludes halogenated alkanes) is 2. The van der Waals surface area contributed by atoms with Crippen LogP contribution in [-0.2, 0) is 14.3 Å². The van der Waals surface area contributed by atoms with E-state index in [2.05, 4.69) is 9.98 Å². The molecule has 0 radical (unpaired) electrons. The second kappa shape index (κ2) is 10.6. The highest BCUT2D eigenvalue weighted by atomic mass is 125. The first-order valence-electron chi connectivity index (χ1n) is 8.83. The molecule has 1 aliphatic heterocycles. The van der Waals surface area contributed by atoms with Gasteiger partial charge in [0, 0.05) is 25.6 Å². The summed E-state index contributed by atoms with van der Waals surface area (Å²) >= 11 is 1.80. The summed E-state index contributed by atoms with van der Waals surface area (Å²) in [6.07, 6.45) is 1.57. The number of hydrogen-bond donors (Lipinski definition) is 4. The van der Waals surface area contributed by atoms with Crippen LogP contribution in [0.5, 0.6) is 0 Å². The van der Waals surface area contributed by atoms with Crippen LogP contribution in [-0.4, -0.2) is 51.9 Å². The molecular weight excluding hydrogens is 483 g/mol. The molecule has 0 aromatic carbocycles. The number of aliphatic hydroxyl groups excluding tert-OH is 1. The van der Waals surface area contributed by atoms with Gasteiger partial charge in [-0.1, -0.05) is 6.42 Å². The lowest BCUT2D eigenvalue weighted by molar-refractivity contribution is -0.150. The van der Waals surface area contributed by atoms with Crippen molar-refractivity contribution in [1.29, 1.82) is 0 Å². The van der Waals surface area contributed by atoms with Crippen LogP contribution in [0.2, 0.25) is 0 Å². The summed E-state index contributed by atoms with van der Waals surface area (Å²) in [5.74, 6) is -0.344. The van der Waals surface area contributed by atoms with Gasteiger partial charge in [-0.2, -0.15) is 0 Å². The van der Waals surface area contributed by atoms with Gasteiger partial charge in [-0.3, -0.25) is 24.1 Å². The van der Waals surface area contributed by atoms with Gasteiger partial charge in [0.05, 0.1) is 9.67 Å². The number of hydrogen-bond acceptors (Lipinski definition) is 7. The predicted octanol–water partition coefficient (Wildman–Crippen LogP) is -0.833. The van der Waals surface area contributed by atoms with E-state index in [0.29, 0.717) is 16.5 Å². The largest absolute Gasteiger partial charge is 0.463 e. The van der Waals surface area contributed by atoms with Crippen LogP contribution in [0, 0.1) is 3.57 Å². The molecule has 1 fully saturated rings. The van der Waals surface area contributed by atoms with E-state index in [9.17, 15) is 19.5 Å². The Morgan fingerprint density at radius 1 is 1.39 bits per heavy atom. The lowest BCUT2D eigenvalue weighted by atomic mass is 10.2. The molecule has 156 valence electrons. The molecule has 1 aliphatic rings. The van der Waals surface area contributed by atoms with Gasteiger partial charge in [0.2, 0.25) is 0 Å². The predicted molar refractivity (Wildman–Crippen MR) is 109 cm³/mol. The number of rotatable bonds is 9. The van der Waals surface area contributed by atoms with Gasteiger partial charge in [0.25, 0.3) is 5.56 Å². The molecule has 2 rings (SSSR count). The van der Waals surface area contributed by atoms with E-state index in [-0.39, 0.29) is 25.4 Å². The molecule has 0 unspecified atom stereocenters. The van der Waals surface area contributed by atoms with Crippen LogP contribution in [0.4, 0.5) is 0 Å². The van der Waals surface area contributed by atoms with Crippen molar-refractivity contribution in [3.63, 3.8) is 0 Å². The number of aliphatic hydroxyl groups is 1. The molecule has 3 atom stereocenters. The number of nitrogens with one attached hydrogen (secondary N) is 1. The molecular formula is C16H24IN5O6. The zero-order valence-electron chi connectivity index (χ0n) is 15.2. The Kier molecular flexibility index (Phi) is 8.44. The Balaban J connectivity index is 1.76. The number of ether oxygens (including phenoxy) is 2. The molecule has 12 heteroatoms. The van der Waals surface area contributed by atoms with Crippen LogP contribution >= 0.6 is 22.6 Å². The number of carbonyl (C=O) groups excluding carboxylic acids is 1. The van der Waals surface area contributed by atoms with Crippen molar-refractivity contribution in [3.8, 4) is 0 Å². The second-order valence-electron chi connectivity index (χ2n) is 6.38. The lowest BCUT2D eigenvalue weighted by Crippen LogP contribution is -2.33. The maximum Gasteiger partial charge on any atom is 0.330 e. The van der Waals surface area contributed by atoms with Crippen molar-refractivity contribution >= 4 is 34.5 Å². The minimum absolute atomic E-state index is 0.0478. The highest BCUT2D eigenvalue weighted by Gasteiger charge is 2.36. The van der Waals surface area contributed by atoms with Crippen molar-refractivity contribution in [3.05, 3.63) is 30.6 Å². The molecule has 0 spiro atoms. The standard InChI is InChI=1S/C16H24IN5O6/c17-9-7-22(16(26)21-14(9)25)12-6-10(23)11(28-12)8-27-13(24)4-2-1-3-5-20-15(18)19/h7,10-12,23H,1-6,8H2,(H4,18,19,20)(H,21,25,26)/t10-,11+,12+/m0/s1/i17-2. The zero-order valence-corrected chi connectivity index (χ0v) is 17.3. The number of nitrogens with zero attached hydrogens (tertiary/aromatic N) is 2. The van der Waals surface area contributed by atoms with Crippen LogP contribution < -0.4 is 22.7 Å². The van der Waals surface area contributed by atoms with Crippen molar-refractivity contribution < 1.29 is 19.4 Å². The van der Waals surface area contributed by atoms with E-state index in [1.165, 1.54) is 10.8 Å². The monoisotopic (exact) mass is 507 g/mol. The Hall–Kier alpha value is -1.93. The molecule has 6 N–H and O–H groups in total. The van der Waals surface area contributed by atoms with Crippen LogP contribution in [0.15, 0.2) is 20.8 Å². The number of aromatic amines is 1. The third-order valence-electron chi connectivity index (χ3n) is 4.18. The molecule has 1 aromatic rings. The van der Waals surface area contributed by atoms with Crippen LogP contribution in [0.3, 0.4) is 0 Å². The zero-order chi connectivity index (χ0) is 20.7. The van der Waals surface area contributed by atoms with Gasteiger partial charge in [-0.25, -0.2) is 4.79 Å². The average Bonchev–Trinajstić information content (AvgIpc) is 2.99. The summed E-state index contributed by atoms with van der Waals surface area (Å²) in [6, 6.07) is 0. The minimum Gasteiger partial charge on any atom is -0.463 e. The summed E-state index contributed by atoms with van der Waals surface area (Å²) in [4.78, 5) is 41.2. The molecule has 0 amide bonds. The summed E-state index contributed by atoms with van der Waals surface area (Å²) in [7, 11) is 0. The summed E-state index contributed by atoms with van der Waals surface area (Å²) in [5, 5.41) is 10.1. The Bertz CT molecular complexity index is 818. The molecule has 0 bridgehead atoms. The van der Waals surface area contributed by atoms with E-state index >= 15 is 0 Å². The molecule has 1 aromatic heterocycles. The fraction of sp³-hybridized carbons (Fsp3) is 0.625. The Morgan fingerprint density at radius 3 is 2.86 bits per heavy atom. The highest BCUT2D eigenvalue weighted by Crippen LogP contribution is 2.28. The van der Waals surface area contributed by atoms with Crippen LogP contribution in [0.25, 0.3) is 0 Å². The number of aromatic nitrogens is 2. The van der Waals surface area contributed by atoms with Gasteiger partial charge < -0.3 is 26.0 Å². The normalized spacial score (nSPS) is 21.4. The molecule has 1 saturated heterocycles. The minimum atomic E-state index is -0.895. The maximum atomic E-state index is 11.9. The van der Waals surface area contributed by atoms with Gasteiger partial charge in [0.1, 0.15) is 18.9 Å². The smallest absolute Gasteiger partial charge is 0.330 e. The molecule has 2 heterocycles.